The summed E-state index contributed by atoms with van der Waals surface area (Å²) in [6.07, 6.45) is 4.35. The first-order chi connectivity index (χ1) is 12.7. The lowest BCUT2D eigenvalue weighted by molar-refractivity contribution is -0.142. The van der Waals surface area contributed by atoms with Crippen molar-refractivity contribution in [3.63, 3.8) is 0 Å². The molecule has 0 bridgehead atoms. The van der Waals surface area contributed by atoms with Crippen molar-refractivity contribution in [2.24, 2.45) is 10.9 Å². The fourth-order valence-corrected chi connectivity index (χ4v) is 4.26. The van der Waals surface area contributed by atoms with Crippen LogP contribution in [0.3, 0.4) is 0 Å². The monoisotopic (exact) mass is 365 g/mol. The first kappa shape index (κ1) is 19.4. The van der Waals surface area contributed by atoms with Gasteiger partial charge >= 0.3 is 0 Å². The van der Waals surface area contributed by atoms with Gasteiger partial charge in [-0.3, -0.25) is 9.79 Å². The number of guanidine groups is 1. The molecule has 0 spiro atoms. The van der Waals surface area contributed by atoms with Crippen LogP contribution in [-0.4, -0.2) is 98.7 Å². The first-order valence-corrected chi connectivity index (χ1v) is 10.3. The lowest BCUT2D eigenvalue weighted by Crippen LogP contribution is -2.55. The highest BCUT2D eigenvalue weighted by Gasteiger charge is 2.30. The van der Waals surface area contributed by atoms with E-state index >= 15 is 0 Å². The molecular weight excluding hydrogens is 330 g/mol. The molecule has 0 aliphatic carbocycles. The molecule has 3 saturated heterocycles. The van der Waals surface area contributed by atoms with Crippen LogP contribution in [0.2, 0.25) is 0 Å². The summed E-state index contributed by atoms with van der Waals surface area (Å²) in [5.41, 5.74) is 0. The van der Waals surface area contributed by atoms with Gasteiger partial charge in [0.15, 0.2) is 5.96 Å². The van der Waals surface area contributed by atoms with Crippen molar-refractivity contribution < 1.29 is 9.53 Å². The van der Waals surface area contributed by atoms with Gasteiger partial charge in [0, 0.05) is 59.5 Å². The largest absolute Gasteiger partial charge is 0.368 e. The van der Waals surface area contributed by atoms with Crippen LogP contribution in [0.1, 0.15) is 32.6 Å². The van der Waals surface area contributed by atoms with E-state index < -0.39 is 0 Å². The number of hydrogen-bond donors (Lipinski definition) is 1. The number of amides is 1. The summed E-state index contributed by atoms with van der Waals surface area (Å²) in [6, 6.07) is 0. The summed E-state index contributed by atoms with van der Waals surface area (Å²) in [7, 11) is 1.84. The Bertz CT molecular complexity index is 484. The van der Waals surface area contributed by atoms with Crippen LogP contribution in [0.15, 0.2) is 4.99 Å². The standard InChI is InChI=1S/C19H35N5O2/c1-16-5-3-8-22(15-16)9-7-21-19(20-2)24-12-10-23(11-13-24)18(25)17-6-4-14-26-17/h16-17H,3-15H2,1-2H3,(H,20,21). The highest BCUT2D eigenvalue weighted by molar-refractivity contribution is 5.82. The fraction of sp³-hybridized carbons (Fsp3) is 0.895. The maximum absolute atomic E-state index is 12.5. The topological polar surface area (TPSA) is 60.4 Å². The minimum Gasteiger partial charge on any atom is -0.368 e. The van der Waals surface area contributed by atoms with Crippen molar-refractivity contribution in [1.29, 1.82) is 0 Å². The molecule has 0 aromatic rings. The molecule has 148 valence electrons. The second-order valence-electron chi connectivity index (χ2n) is 7.84. The molecule has 1 N–H and O–H groups in total. The zero-order chi connectivity index (χ0) is 18.4. The first-order valence-electron chi connectivity index (χ1n) is 10.3. The van der Waals surface area contributed by atoms with Crippen LogP contribution in [0.5, 0.6) is 0 Å². The molecule has 3 heterocycles. The van der Waals surface area contributed by atoms with Gasteiger partial charge in [0.1, 0.15) is 6.10 Å². The molecule has 0 aromatic heterocycles. The van der Waals surface area contributed by atoms with E-state index in [0.29, 0.717) is 0 Å². The van der Waals surface area contributed by atoms with Crippen molar-refractivity contribution >= 4 is 11.9 Å². The predicted molar refractivity (Wildman–Crippen MR) is 103 cm³/mol. The summed E-state index contributed by atoms with van der Waals surface area (Å²) in [4.78, 5) is 23.7. The zero-order valence-electron chi connectivity index (χ0n) is 16.5. The van der Waals surface area contributed by atoms with E-state index in [1.54, 1.807) is 0 Å². The average Bonchev–Trinajstić information content (AvgIpc) is 3.20. The Hall–Kier alpha value is -1.34. The maximum Gasteiger partial charge on any atom is 0.251 e. The predicted octanol–water partition coefficient (Wildman–Crippen LogP) is 0.617. The number of hydrogen-bond acceptors (Lipinski definition) is 4. The number of ether oxygens (including phenoxy) is 1. The lowest BCUT2D eigenvalue weighted by atomic mass is 10.0. The van der Waals surface area contributed by atoms with Gasteiger partial charge in [0.2, 0.25) is 0 Å². The van der Waals surface area contributed by atoms with E-state index in [2.05, 4.69) is 27.0 Å². The third-order valence-corrected chi connectivity index (χ3v) is 5.76. The molecule has 1 amide bonds. The molecule has 2 atom stereocenters. The number of piperazine rings is 1. The van der Waals surface area contributed by atoms with Gasteiger partial charge in [-0.2, -0.15) is 0 Å². The molecule has 3 fully saturated rings. The molecule has 0 aromatic carbocycles. The Kier molecular flexibility index (Phi) is 7.14. The van der Waals surface area contributed by atoms with Gasteiger partial charge in [-0.05, 0) is 38.1 Å². The van der Waals surface area contributed by atoms with E-state index in [0.717, 1.165) is 70.6 Å². The molecule has 7 heteroatoms. The minimum absolute atomic E-state index is 0.171. The zero-order valence-corrected chi connectivity index (χ0v) is 16.5. The maximum atomic E-state index is 12.5. The molecule has 3 aliphatic heterocycles. The molecule has 26 heavy (non-hydrogen) atoms. The van der Waals surface area contributed by atoms with E-state index in [1.807, 2.05) is 11.9 Å². The summed E-state index contributed by atoms with van der Waals surface area (Å²) >= 11 is 0. The Labute approximate surface area is 157 Å². The van der Waals surface area contributed by atoms with E-state index in [9.17, 15) is 4.79 Å². The van der Waals surface area contributed by atoms with Crippen molar-refractivity contribution in [1.82, 2.24) is 20.0 Å². The smallest absolute Gasteiger partial charge is 0.251 e. The van der Waals surface area contributed by atoms with Gasteiger partial charge in [-0.15, -0.1) is 0 Å². The molecule has 3 rings (SSSR count). The lowest BCUT2D eigenvalue weighted by Gasteiger charge is -2.37. The molecule has 0 saturated carbocycles. The van der Waals surface area contributed by atoms with E-state index in [1.165, 1.54) is 25.9 Å². The second-order valence-corrected chi connectivity index (χ2v) is 7.84. The third kappa shape index (κ3) is 5.10. The number of carbonyl (C=O) groups is 1. The number of nitrogens with one attached hydrogen (secondary N) is 1. The van der Waals surface area contributed by atoms with Crippen LogP contribution >= 0.6 is 0 Å². The van der Waals surface area contributed by atoms with Crippen molar-refractivity contribution in [3.8, 4) is 0 Å². The van der Waals surface area contributed by atoms with Crippen LogP contribution in [-0.2, 0) is 9.53 Å². The molecule has 2 unspecified atom stereocenters. The van der Waals surface area contributed by atoms with Gasteiger partial charge in [0.25, 0.3) is 5.91 Å². The van der Waals surface area contributed by atoms with Gasteiger partial charge in [0.05, 0.1) is 0 Å². The normalized spacial score (nSPS) is 28.5. The number of nitrogens with zero attached hydrogens (tertiary/aromatic N) is 4. The van der Waals surface area contributed by atoms with Crippen molar-refractivity contribution in [2.45, 2.75) is 38.7 Å². The van der Waals surface area contributed by atoms with Gasteiger partial charge in [-0.1, -0.05) is 6.92 Å². The number of aliphatic imine (C=N–C) groups is 1. The van der Waals surface area contributed by atoms with Gasteiger partial charge in [-0.25, -0.2) is 0 Å². The highest BCUT2D eigenvalue weighted by atomic mass is 16.5. The quantitative estimate of drug-likeness (QED) is 0.585. The van der Waals surface area contributed by atoms with Crippen molar-refractivity contribution in [2.75, 3.05) is 66.0 Å². The Balaban J connectivity index is 1.38. The number of carbonyl (C=O) groups excluding carboxylic acids is 1. The summed E-state index contributed by atoms with van der Waals surface area (Å²) in [5, 5.41) is 3.51. The van der Waals surface area contributed by atoms with E-state index in [-0.39, 0.29) is 12.0 Å². The summed E-state index contributed by atoms with van der Waals surface area (Å²) in [6.45, 7) is 10.7. The Morgan fingerprint density at radius 3 is 2.54 bits per heavy atom. The van der Waals surface area contributed by atoms with Crippen LogP contribution in [0.25, 0.3) is 0 Å². The van der Waals surface area contributed by atoms with Gasteiger partial charge < -0.3 is 24.8 Å². The number of rotatable bonds is 4. The molecule has 3 aliphatic rings. The number of piperidine rings is 1. The van der Waals surface area contributed by atoms with Crippen LogP contribution < -0.4 is 5.32 Å². The van der Waals surface area contributed by atoms with E-state index in [4.69, 9.17) is 4.74 Å². The SMILES string of the molecule is CN=C(NCCN1CCCC(C)C1)N1CCN(C(=O)C2CCCO2)CC1. The fourth-order valence-electron chi connectivity index (χ4n) is 4.26. The minimum atomic E-state index is -0.203. The third-order valence-electron chi connectivity index (χ3n) is 5.76. The summed E-state index contributed by atoms with van der Waals surface area (Å²) in [5.74, 6) is 1.95. The average molecular weight is 366 g/mol. The number of likely N-dealkylation sites (tertiary alicyclic amines) is 1. The Morgan fingerprint density at radius 1 is 1.12 bits per heavy atom. The molecular formula is C19H35N5O2. The van der Waals surface area contributed by atoms with Crippen molar-refractivity contribution in [3.05, 3.63) is 0 Å². The van der Waals surface area contributed by atoms with Crippen LogP contribution in [0.4, 0.5) is 0 Å². The second kappa shape index (κ2) is 9.55. The Morgan fingerprint density at radius 2 is 1.88 bits per heavy atom. The summed E-state index contributed by atoms with van der Waals surface area (Å²) < 4.78 is 5.54. The molecule has 0 radical (unpaired) electrons. The molecule has 7 nitrogen and oxygen atoms in total. The highest BCUT2D eigenvalue weighted by Crippen LogP contribution is 2.16. The van der Waals surface area contributed by atoms with Crippen LogP contribution in [0, 0.1) is 5.92 Å².